The number of aromatic nitrogens is 2. The second-order valence-electron chi connectivity index (χ2n) is 5.88. The number of halogens is 1. The average molecular weight is 369 g/mol. The highest BCUT2D eigenvalue weighted by Gasteiger charge is 2.13. The lowest BCUT2D eigenvalue weighted by molar-refractivity contribution is 0.102. The van der Waals surface area contributed by atoms with Crippen LogP contribution < -0.4 is 15.8 Å². The van der Waals surface area contributed by atoms with Gasteiger partial charge in [0, 0.05) is 42.3 Å². The molecule has 26 heavy (non-hydrogen) atoms. The molecular formula is C19H17ClN4O2. The number of nitrogens with zero attached hydrogens (tertiary/aromatic N) is 2. The summed E-state index contributed by atoms with van der Waals surface area (Å²) in [5.74, 6) is -0.141. The van der Waals surface area contributed by atoms with Crippen molar-refractivity contribution in [1.29, 1.82) is 0 Å². The molecule has 0 bridgehead atoms. The smallest absolute Gasteiger partial charge is 0.264 e. The summed E-state index contributed by atoms with van der Waals surface area (Å²) >= 11 is 5.85. The second-order valence-corrected chi connectivity index (χ2v) is 6.31. The van der Waals surface area contributed by atoms with E-state index in [0.717, 1.165) is 5.69 Å². The lowest BCUT2D eigenvalue weighted by Gasteiger charge is -2.13. The topological polar surface area (TPSA) is 78.1 Å². The molecule has 0 radical (unpaired) electrons. The molecular weight excluding hydrogens is 352 g/mol. The van der Waals surface area contributed by atoms with Gasteiger partial charge < -0.3 is 15.2 Å². The Bertz CT molecular complexity index is 980. The first-order valence-corrected chi connectivity index (χ1v) is 8.26. The molecule has 0 fully saturated rings. The van der Waals surface area contributed by atoms with Crippen molar-refractivity contribution in [3.63, 3.8) is 0 Å². The maximum absolute atomic E-state index is 12.3. The number of carbonyl (C=O) groups is 1. The Labute approximate surface area is 155 Å². The molecule has 1 heterocycles. The second kappa shape index (κ2) is 7.41. The highest BCUT2D eigenvalue weighted by atomic mass is 35.5. The largest absolute Gasteiger partial charge is 0.378 e. The number of hydrogen-bond donors (Lipinski definition) is 2. The summed E-state index contributed by atoms with van der Waals surface area (Å²) in [6.45, 7) is 0. The molecule has 0 saturated carbocycles. The fourth-order valence-corrected chi connectivity index (χ4v) is 2.48. The lowest BCUT2D eigenvalue weighted by Crippen LogP contribution is -2.24. The van der Waals surface area contributed by atoms with Gasteiger partial charge in [0.15, 0.2) is 0 Å². The van der Waals surface area contributed by atoms with Gasteiger partial charge >= 0.3 is 0 Å². The highest BCUT2D eigenvalue weighted by Crippen LogP contribution is 2.18. The first-order chi connectivity index (χ1) is 12.4. The standard InChI is InChI=1S/C19H17ClN4O2/c1-24(2)15-9-7-14(8-10-15)22-18(25)16-11-21-17(23-19(16)26)12-3-5-13(20)6-4-12/h3-11H,1-2H3,(H,22,25)(H,21,23,26). The van der Waals surface area contributed by atoms with Crippen molar-refractivity contribution in [3.05, 3.63) is 75.7 Å². The van der Waals surface area contributed by atoms with Crippen LogP contribution in [0.25, 0.3) is 11.4 Å². The zero-order chi connectivity index (χ0) is 18.7. The Morgan fingerprint density at radius 1 is 1.08 bits per heavy atom. The molecule has 3 aromatic rings. The number of amides is 1. The van der Waals surface area contributed by atoms with Crippen LogP contribution in [0.3, 0.4) is 0 Å². The third kappa shape index (κ3) is 3.92. The molecule has 2 aromatic carbocycles. The maximum Gasteiger partial charge on any atom is 0.264 e. The first kappa shape index (κ1) is 17.7. The van der Waals surface area contributed by atoms with Crippen LogP contribution in [0.2, 0.25) is 5.02 Å². The van der Waals surface area contributed by atoms with E-state index in [1.165, 1.54) is 6.20 Å². The van der Waals surface area contributed by atoms with Gasteiger partial charge in [-0.2, -0.15) is 0 Å². The molecule has 0 atom stereocenters. The van der Waals surface area contributed by atoms with Gasteiger partial charge in [-0.3, -0.25) is 9.59 Å². The van der Waals surface area contributed by atoms with Crippen molar-refractivity contribution in [2.45, 2.75) is 0 Å². The van der Waals surface area contributed by atoms with Gasteiger partial charge in [-0.1, -0.05) is 11.6 Å². The summed E-state index contributed by atoms with van der Waals surface area (Å²) in [5, 5.41) is 3.29. The van der Waals surface area contributed by atoms with Crippen LogP contribution in [0.5, 0.6) is 0 Å². The van der Waals surface area contributed by atoms with Gasteiger partial charge in [0.1, 0.15) is 11.4 Å². The van der Waals surface area contributed by atoms with E-state index < -0.39 is 11.5 Å². The van der Waals surface area contributed by atoms with Crippen molar-refractivity contribution < 1.29 is 4.79 Å². The third-order valence-corrected chi connectivity index (χ3v) is 4.06. The summed E-state index contributed by atoms with van der Waals surface area (Å²) in [6.07, 6.45) is 1.27. The normalized spacial score (nSPS) is 10.4. The molecule has 0 unspecified atom stereocenters. The van der Waals surface area contributed by atoms with Gasteiger partial charge in [-0.25, -0.2) is 4.98 Å². The number of carbonyl (C=O) groups excluding carboxylic acids is 1. The molecule has 0 aliphatic carbocycles. The molecule has 0 aliphatic heterocycles. The van der Waals surface area contributed by atoms with Gasteiger partial charge in [0.05, 0.1) is 0 Å². The molecule has 0 spiro atoms. The molecule has 2 N–H and O–H groups in total. The van der Waals surface area contributed by atoms with Gasteiger partial charge in [-0.15, -0.1) is 0 Å². The Morgan fingerprint density at radius 2 is 1.73 bits per heavy atom. The van der Waals surface area contributed by atoms with E-state index in [9.17, 15) is 9.59 Å². The zero-order valence-corrected chi connectivity index (χ0v) is 15.0. The summed E-state index contributed by atoms with van der Waals surface area (Å²) in [6, 6.07) is 14.2. The Kier molecular flexibility index (Phi) is 5.04. The summed E-state index contributed by atoms with van der Waals surface area (Å²) in [4.78, 5) is 33.4. The highest BCUT2D eigenvalue weighted by molar-refractivity contribution is 6.30. The van der Waals surface area contributed by atoms with E-state index in [4.69, 9.17) is 11.6 Å². The SMILES string of the molecule is CN(C)c1ccc(NC(=O)c2cnc(-c3ccc(Cl)cc3)[nH]c2=O)cc1. The van der Waals surface area contributed by atoms with Crippen LogP contribution in [-0.2, 0) is 0 Å². The lowest BCUT2D eigenvalue weighted by atomic mass is 10.2. The van der Waals surface area contributed by atoms with Crippen molar-refractivity contribution >= 4 is 28.9 Å². The van der Waals surface area contributed by atoms with E-state index in [2.05, 4.69) is 15.3 Å². The summed E-state index contributed by atoms with van der Waals surface area (Å²) < 4.78 is 0. The number of rotatable bonds is 4. The number of H-pyrrole nitrogens is 1. The van der Waals surface area contributed by atoms with E-state index in [1.54, 1.807) is 36.4 Å². The molecule has 132 valence electrons. The number of aromatic amines is 1. The van der Waals surface area contributed by atoms with E-state index in [0.29, 0.717) is 22.1 Å². The Balaban J connectivity index is 1.79. The van der Waals surface area contributed by atoms with Crippen LogP contribution in [0.4, 0.5) is 11.4 Å². The fraction of sp³-hybridized carbons (Fsp3) is 0.105. The molecule has 3 rings (SSSR count). The number of benzene rings is 2. The van der Waals surface area contributed by atoms with E-state index in [1.807, 2.05) is 31.1 Å². The van der Waals surface area contributed by atoms with Gasteiger partial charge in [0.25, 0.3) is 11.5 Å². The molecule has 1 aromatic heterocycles. The van der Waals surface area contributed by atoms with Crippen LogP contribution in [0.1, 0.15) is 10.4 Å². The number of nitrogens with one attached hydrogen (secondary N) is 2. The summed E-state index contributed by atoms with van der Waals surface area (Å²) in [5.41, 5.74) is 1.75. The average Bonchev–Trinajstić information content (AvgIpc) is 2.62. The van der Waals surface area contributed by atoms with Crippen molar-refractivity contribution in [3.8, 4) is 11.4 Å². The predicted molar refractivity (Wildman–Crippen MR) is 104 cm³/mol. The fourth-order valence-electron chi connectivity index (χ4n) is 2.35. The van der Waals surface area contributed by atoms with Gasteiger partial charge in [0.2, 0.25) is 0 Å². The third-order valence-electron chi connectivity index (χ3n) is 3.80. The molecule has 7 heteroatoms. The minimum Gasteiger partial charge on any atom is -0.378 e. The summed E-state index contributed by atoms with van der Waals surface area (Å²) in [7, 11) is 3.86. The Morgan fingerprint density at radius 3 is 2.31 bits per heavy atom. The van der Waals surface area contributed by atoms with E-state index >= 15 is 0 Å². The molecule has 6 nitrogen and oxygen atoms in total. The minimum atomic E-state index is -0.515. The maximum atomic E-state index is 12.3. The zero-order valence-electron chi connectivity index (χ0n) is 14.3. The number of hydrogen-bond acceptors (Lipinski definition) is 4. The monoisotopic (exact) mass is 368 g/mol. The number of anilines is 2. The van der Waals surface area contributed by atoms with Crippen molar-refractivity contribution in [2.75, 3.05) is 24.3 Å². The van der Waals surface area contributed by atoms with Crippen LogP contribution in [-0.4, -0.2) is 30.0 Å². The van der Waals surface area contributed by atoms with E-state index in [-0.39, 0.29) is 5.56 Å². The predicted octanol–water partition coefficient (Wildman–Crippen LogP) is 3.41. The van der Waals surface area contributed by atoms with Crippen molar-refractivity contribution in [1.82, 2.24) is 9.97 Å². The Hall–Kier alpha value is -3.12. The quantitative estimate of drug-likeness (QED) is 0.739. The van der Waals surface area contributed by atoms with Gasteiger partial charge in [-0.05, 0) is 48.5 Å². The molecule has 1 amide bonds. The minimum absolute atomic E-state index is 0.0561. The van der Waals surface area contributed by atoms with Crippen LogP contribution in [0.15, 0.2) is 59.5 Å². The van der Waals surface area contributed by atoms with Crippen LogP contribution in [0, 0.1) is 0 Å². The molecule has 0 saturated heterocycles. The first-order valence-electron chi connectivity index (χ1n) is 7.88. The molecule has 0 aliphatic rings. The van der Waals surface area contributed by atoms with Crippen LogP contribution >= 0.6 is 11.6 Å². The van der Waals surface area contributed by atoms with Crippen molar-refractivity contribution in [2.24, 2.45) is 0 Å².